The minimum absolute atomic E-state index is 0.343. The Kier molecular flexibility index (Phi) is 5.36. The standard InChI is InChI=1S/C5H7O6P/c6-3-11-12(10)5(9)2-1-4(7)8/h6H,1-3H2/p+1. The Morgan fingerprint density at radius 1 is 1.33 bits per heavy atom. The molecule has 0 spiro atoms. The van der Waals surface area contributed by atoms with E-state index in [0.717, 1.165) is 0 Å². The number of carbonyl (C=O) groups excluding carboxylic acids is 1. The monoisotopic (exact) mass is 195 g/mol. The van der Waals surface area contributed by atoms with Crippen molar-refractivity contribution in [3.05, 3.63) is 0 Å². The molecule has 0 aliphatic heterocycles. The minimum atomic E-state index is -2.57. The van der Waals surface area contributed by atoms with E-state index in [1.165, 1.54) is 0 Å². The summed E-state index contributed by atoms with van der Waals surface area (Å²) >= 11 is 0. The van der Waals surface area contributed by atoms with Crippen LogP contribution in [-0.4, -0.2) is 28.5 Å². The number of aliphatic hydroxyl groups is 1. The van der Waals surface area contributed by atoms with Crippen molar-refractivity contribution in [3.63, 3.8) is 0 Å². The Hall–Kier alpha value is -0.840. The summed E-state index contributed by atoms with van der Waals surface area (Å²) in [7, 11) is -2.57. The maximum atomic E-state index is 10.7. The smallest absolute Gasteiger partial charge is 0.481 e. The third-order valence-electron chi connectivity index (χ3n) is 0.931. The molecule has 1 unspecified atom stereocenters. The average molecular weight is 195 g/mol. The van der Waals surface area contributed by atoms with Crippen molar-refractivity contribution in [1.82, 2.24) is 0 Å². The zero-order valence-corrected chi connectivity index (χ0v) is 6.99. The molecule has 12 heavy (non-hydrogen) atoms. The molecular formula is C5H8O6P+. The van der Waals surface area contributed by atoms with Crippen LogP contribution in [0.4, 0.5) is 0 Å². The summed E-state index contributed by atoms with van der Waals surface area (Å²) in [5.74, 6) is -1.14. The molecule has 6 nitrogen and oxygen atoms in total. The molecule has 0 heterocycles. The highest BCUT2D eigenvalue weighted by Gasteiger charge is 2.30. The van der Waals surface area contributed by atoms with E-state index in [0.29, 0.717) is 0 Å². The highest BCUT2D eigenvalue weighted by Crippen LogP contribution is 2.24. The lowest BCUT2D eigenvalue weighted by Gasteiger charge is -1.85. The molecule has 2 N–H and O–H groups in total. The van der Waals surface area contributed by atoms with Gasteiger partial charge >= 0.3 is 19.5 Å². The summed E-state index contributed by atoms with van der Waals surface area (Å²) in [4.78, 5) is 20.6. The molecule has 68 valence electrons. The van der Waals surface area contributed by atoms with Gasteiger partial charge in [-0.05, 0) is 4.57 Å². The number of carboxylic acid groups (broad SMARTS) is 1. The normalized spacial score (nSPS) is 10.9. The van der Waals surface area contributed by atoms with Crippen molar-refractivity contribution in [3.8, 4) is 0 Å². The maximum Gasteiger partial charge on any atom is 0.589 e. The fraction of sp³-hybridized carbons (Fsp3) is 0.600. The lowest BCUT2D eigenvalue weighted by molar-refractivity contribution is -0.138. The third-order valence-corrected chi connectivity index (χ3v) is 1.91. The van der Waals surface area contributed by atoms with Gasteiger partial charge in [0, 0.05) is 0 Å². The summed E-state index contributed by atoms with van der Waals surface area (Å²) in [6.45, 7) is -0.811. The van der Waals surface area contributed by atoms with E-state index in [9.17, 15) is 14.2 Å². The first-order chi connectivity index (χ1) is 5.57. The van der Waals surface area contributed by atoms with Crippen molar-refractivity contribution in [2.75, 3.05) is 6.79 Å². The van der Waals surface area contributed by atoms with Gasteiger partial charge in [0.15, 0.2) is 6.79 Å². The van der Waals surface area contributed by atoms with Gasteiger partial charge in [0.2, 0.25) is 0 Å². The van der Waals surface area contributed by atoms with Gasteiger partial charge < -0.3 is 10.2 Å². The molecular weight excluding hydrogens is 187 g/mol. The first-order valence-electron chi connectivity index (χ1n) is 3.03. The van der Waals surface area contributed by atoms with Crippen LogP contribution in [0.25, 0.3) is 0 Å². The zero-order valence-electron chi connectivity index (χ0n) is 6.10. The molecule has 0 saturated carbocycles. The van der Waals surface area contributed by atoms with Gasteiger partial charge in [-0.1, -0.05) is 0 Å². The Balaban J connectivity index is 3.72. The van der Waals surface area contributed by atoms with Gasteiger partial charge in [0.25, 0.3) is 0 Å². The van der Waals surface area contributed by atoms with Crippen LogP contribution in [0.5, 0.6) is 0 Å². The number of hydrogen-bond acceptors (Lipinski definition) is 5. The number of carbonyl (C=O) groups is 2. The first-order valence-corrected chi connectivity index (χ1v) is 4.21. The molecule has 0 fully saturated rings. The van der Waals surface area contributed by atoms with Crippen LogP contribution in [0.1, 0.15) is 12.8 Å². The van der Waals surface area contributed by atoms with Gasteiger partial charge in [-0.25, -0.2) is 4.79 Å². The second-order valence-corrected chi connectivity index (χ2v) is 3.07. The number of aliphatic hydroxyl groups excluding tert-OH is 1. The highest BCUT2D eigenvalue weighted by molar-refractivity contribution is 7.59. The van der Waals surface area contributed by atoms with Gasteiger partial charge in [0.1, 0.15) is 0 Å². The van der Waals surface area contributed by atoms with Crippen LogP contribution in [0.15, 0.2) is 0 Å². The first kappa shape index (κ1) is 11.2. The van der Waals surface area contributed by atoms with Gasteiger partial charge in [-0.3, -0.25) is 4.79 Å². The van der Waals surface area contributed by atoms with Crippen LogP contribution >= 0.6 is 8.03 Å². The number of rotatable bonds is 6. The molecule has 0 aromatic heterocycles. The fourth-order valence-electron chi connectivity index (χ4n) is 0.430. The fourth-order valence-corrected chi connectivity index (χ4v) is 0.973. The molecule has 0 saturated heterocycles. The van der Waals surface area contributed by atoms with Crippen molar-refractivity contribution in [2.24, 2.45) is 0 Å². The minimum Gasteiger partial charge on any atom is -0.481 e. The van der Waals surface area contributed by atoms with Gasteiger partial charge in [-0.15, -0.1) is 4.52 Å². The quantitative estimate of drug-likeness (QED) is 0.460. The summed E-state index contributed by atoms with van der Waals surface area (Å²) < 4.78 is 14.6. The van der Waals surface area contributed by atoms with Crippen molar-refractivity contribution < 1.29 is 28.9 Å². The molecule has 0 aliphatic carbocycles. The summed E-state index contributed by atoms with van der Waals surface area (Å²) in [5.41, 5.74) is -0.804. The van der Waals surface area contributed by atoms with Crippen LogP contribution in [0, 0.1) is 0 Å². The summed E-state index contributed by atoms with van der Waals surface area (Å²) in [6.07, 6.45) is -0.723. The summed E-state index contributed by atoms with van der Waals surface area (Å²) in [6, 6.07) is 0. The number of aliphatic carboxylic acids is 1. The van der Waals surface area contributed by atoms with Crippen LogP contribution in [-0.2, 0) is 18.7 Å². The highest BCUT2D eigenvalue weighted by atomic mass is 31.1. The zero-order chi connectivity index (χ0) is 9.56. The van der Waals surface area contributed by atoms with Crippen LogP contribution < -0.4 is 0 Å². The molecule has 0 aliphatic rings. The van der Waals surface area contributed by atoms with E-state index in [2.05, 4.69) is 4.52 Å². The Labute approximate surface area is 69.0 Å². The van der Waals surface area contributed by atoms with E-state index in [4.69, 9.17) is 10.2 Å². The van der Waals surface area contributed by atoms with Gasteiger partial charge in [-0.2, -0.15) is 0 Å². The third kappa shape index (κ3) is 4.90. The van der Waals surface area contributed by atoms with E-state index >= 15 is 0 Å². The van der Waals surface area contributed by atoms with E-state index in [1.54, 1.807) is 0 Å². The maximum absolute atomic E-state index is 10.7. The van der Waals surface area contributed by atoms with Crippen molar-refractivity contribution >= 4 is 19.5 Å². The Morgan fingerprint density at radius 2 is 1.92 bits per heavy atom. The molecule has 0 aromatic rings. The predicted octanol–water partition coefficient (Wildman–Crippen LogP) is 0.0866. The van der Waals surface area contributed by atoms with E-state index in [1.807, 2.05) is 0 Å². The van der Waals surface area contributed by atoms with E-state index < -0.39 is 26.3 Å². The number of hydrogen-bond donors (Lipinski definition) is 2. The summed E-state index contributed by atoms with van der Waals surface area (Å²) in [5, 5.41) is 16.2. The number of carboxylic acids is 1. The Morgan fingerprint density at radius 3 is 2.33 bits per heavy atom. The lowest BCUT2D eigenvalue weighted by Crippen LogP contribution is -2.00. The van der Waals surface area contributed by atoms with Crippen molar-refractivity contribution in [1.29, 1.82) is 0 Å². The molecule has 0 amide bonds. The largest absolute Gasteiger partial charge is 0.589 e. The van der Waals surface area contributed by atoms with E-state index in [-0.39, 0.29) is 12.8 Å². The molecule has 7 heteroatoms. The predicted molar refractivity (Wildman–Crippen MR) is 37.7 cm³/mol. The van der Waals surface area contributed by atoms with Crippen LogP contribution in [0.3, 0.4) is 0 Å². The van der Waals surface area contributed by atoms with Crippen LogP contribution in [0.2, 0.25) is 0 Å². The SMILES string of the molecule is O=C(O)CCC(=O)[P+](=O)OCO. The molecule has 0 aromatic carbocycles. The average Bonchev–Trinajstić information content (AvgIpc) is 2.00. The van der Waals surface area contributed by atoms with Crippen molar-refractivity contribution in [2.45, 2.75) is 12.8 Å². The van der Waals surface area contributed by atoms with Gasteiger partial charge in [0.05, 0.1) is 12.8 Å². The molecule has 1 atom stereocenters. The topological polar surface area (TPSA) is 101 Å². The Bertz CT molecular complexity index is 200. The second kappa shape index (κ2) is 5.77. The molecule has 0 bridgehead atoms. The molecule has 0 rings (SSSR count). The lowest BCUT2D eigenvalue weighted by atomic mass is 10.3. The molecule has 0 radical (unpaired) electrons. The second-order valence-electron chi connectivity index (χ2n) is 1.80.